The van der Waals surface area contributed by atoms with Gasteiger partial charge in [-0.1, -0.05) is 59.1 Å². The van der Waals surface area contributed by atoms with Gasteiger partial charge in [0.05, 0.1) is 0 Å². The first-order valence-electron chi connectivity index (χ1n) is 8.85. The van der Waals surface area contributed by atoms with Crippen LogP contribution < -0.4 is 0 Å². The Morgan fingerprint density at radius 1 is 0.955 bits per heavy atom. The maximum Gasteiger partial charge on any atom is 0.122 e. The fraction of sp³-hybridized carbons (Fsp3) is 0.700. The number of aromatic hydroxyl groups is 1. The zero-order valence-electron chi connectivity index (χ0n) is 14.7. The molecule has 0 spiro atoms. The van der Waals surface area contributed by atoms with Crippen molar-refractivity contribution in [3.63, 3.8) is 0 Å². The third kappa shape index (κ3) is 3.65. The molecule has 0 unspecified atom stereocenters. The molecule has 2 rings (SSSR count). The largest absolute Gasteiger partial charge is 0.507 e. The minimum atomic E-state index is 0.0533. The molecule has 2 nitrogen and oxygen atoms in total. The van der Waals surface area contributed by atoms with Gasteiger partial charge >= 0.3 is 0 Å². The van der Waals surface area contributed by atoms with Crippen LogP contribution in [0.2, 0.25) is 0 Å². The average Bonchev–Trinajstić information content (AvgIpc) is 2.49. The summed E-state index contributed by atoms with van der Waals surface area (Å²) in [5.74, 6) is 1.10. The number of hydrogen-bond acceptors (Lipinski definition) is 2. The molecule has 2 heteroatoms. The van der Waals surface area contributed by atoms with Gasteiger partial charge in [-0.05, 0) is 53.2 Å². The lowest BCUT2D eigenvalue weighted by molar-refractivity contribution is 0.0823. The van der Waals surface area contributed by atoms with Gasteiger partial charge in [0.1, 0.15) is 5.75 Å². The van der Waals surface area contributed by atoms with E-state index < -0.39 is 0 Å². The van der Waals surface area contributed by atoms with E-state index in [0.717, 1.165) is 30.4 Å². The van der Waals surface area contributed by atoms with Gasteiger partial charge in [0, 0.05) is 6.61 Å². The lowest BCUT2D eigenvalue weighted by Gasteiger charge is -2.36. The fourth-order valence-corrected chi connectivity index (χ4v) is 3.85. The predicted molar refractivity (Wildman–Crippen MR) is 92.6 cm³/mol. The zero-order valence-corrected chi connectivity index (χ0v) is 14.7. The molecule has 0 saturated heterocycles. The molecule has 0 aromatic heterocycles. The molecule has 1 aromatic rings. The quantitative estimate of drug-likeness (QED) is 0.792. The Hall–Kier alpha value is -1.02. The van der Waals surface area contributed by atoms with E-state index >= 15 is 0 Å². The number of aliphatic hydroxyl groups is 1. The Balaban J connectivity index is 2.37. The first-order chi connectivity index (χ1) is 10.4. The minimum Gasteiger partial charge on any atom is -0.507 e. The molecule has 1 aliphatic rings. The van der Waals surface area contributed by atoms with Crippen LogP contribution in [0.25, 0.3) is 0 Å². The smallest absolute Gasteiger partial charge is 0.122 e. The molecular weight excluding hydrogens is 272 g/mol. The molecule has 22 heavy (non-hydrogen) atoms. The van der Waals surface area contributed by atoms with Crippen LogP contribution in [0.5, 0.6) is 5.75 Å². The second-order valence-corrected chi connectivity index (χ2v) is 7.83. The molecular formula is C20H32O2. The zero-order chi connectivity index (χ0) is 16.3. The van der Waals surface area contributed by atoms with Crippen molar-refractivity contribution >= 4 is 0 Å². The van der Waals surface area contributed by atoms with Crippen molar-refractivity contribution < 1.29 is 10.2 Å². The summed E-state index contributed by atoms with van der Waals surface area (Å²) in [5.41, 5.74) is 3.42. The third-order valence-electron chi connectivity index (χ3n) is 5.30. The molecule has 2 N–H and O–H groups in total. The summed E-state index contributed by atoms with van der Waals surface area (Å²) in [4.78, 5) is 0. The monoisotopic (exact) mass is 304 g/mol. The Bertz CT molecular complexity index is 467. The van der Waals surface area contributed by atoms with Gasteiger partial charge in [-0.3, -0.25) is 0 Å². The standard InChI is InChI=1S/C20H32O2/c1-14(2)17-10-16(11-18(15(3)4)19(17)22)12-20(13-21)8-6-5-7-9-20/h10-11,14-15,21-22H,5-9,12-13H2,1-4H3. The van der Waals surface area contributed by atoms with Gasteiger partial charge in [-0.15, -0.1) is 0 Å². The average molecular weight is 304 g/mol. The van der Waals surface area contributed by atoms with Crippen LogP contribution in [0.1, 0.15) is 88.3 Å². The van der Waals surface area contributed by atoms with Crippen LogP contribution in [0.15, 0.2) is 12.1 Å². The maximum absolute atomic E-state index is 10.5. The molecule has 124 valence electrons. The number of rotatable bonds is 5. The highest BCUT2D eigenvalue weighted by Crippen LogP contribution is 2.41. The normalized spacial score (nSPS) is 18.1. The van der Waals surface area contributed by atoms with Crippen molar-refractivity contribution in [3.8, 4) is 5.75 Å². The van der Waals surface area contributed by atoms with Crippen LogP contribution in [-0.4, -0.2) is 16.8 Å². The third-order valence-corrected chi connectivity index (χ3v) is 5.30. The summed E-state index contributed by atoms with van der Waals surface area (Å²) in [5, 5.41) is 20.5. The van der Waals surface area contributed by atoms with Gasteiger partial charge < -0.3 is 10.2 Å². The second kappa shape index (κ2) is 7.04. The highest BCUT2D eigenvalue weighted by Gasteiger charge is 2.32. The summed E-state index contributed by atoms with van der Waals surface area (Å²) in [6.07, 6.45) is 6.94. The van der Waals surface area contributed by atoms with Crippen LogP contribution in [0.3, 0.4) is 0 Å². The van der Waals surface area contributed by atoms with Crippen LogP contribution in [0.4, 0.5) is 0 Å². The van der Waals surface area contributed by atoms with Crippen molar-refractivity contribution in [2.45, 2.75) is 78.1 Å². The highest BCUT2D eigenvalue weighted by atomic mass is 16.3. The predicted octanol–water partition coefficient (Wildman–Crippen LogP) is 5.12. The maximum atomic E-state index is 10.5. The lowest BCUT2D eigenvalue weighted by atomic mass is 9.70. The number of phenolic OH excluding ortho intramolecular Hbond substituents is 1. The fourth-order valence-electron chi connectivity index (χ4n) is 3.85. The molecule has 0 amide bonds. The lowest BCUT2D eigenvalue weighted by Crippen LogP contribution is -2.30. The number of aliphatic hydroxyl groups excluding tert-OH is 1. The van der Waals surface area contributed by atoms with Crippen LogP contribution >= 0.6 is 0 Å². The number of benzene rings is 1. The van der Waals surface area contributed by atoms with Crippen LogP contribution in [-0.2, 0) is 6.42 Å². The van der Waals surface area contributed by atoms with E-state index in [4.69, 9.17) is 0 Å². The SMILES string of the molecule is CC(C)c1cc(CC2(CO)CCCCC2)cc(C(C)C)c1O. The molecule has 1 fully saturated rings. The molecule has 1 aliphatic carbocycles. The molecule has 1 saturated carbocycles. The summed E-state index contributed by atoms with van der Waals surface area (Å²) >= 11 is 0. The first kappa shape index (κ1) is 17.3. The summed E-state index contributed by atoms with van der Waals surface area (Å²) in [7, 11) is 0. The molecule has 0 radical (unpaired) electrons. The van der Waals surface area contributed by atoms with Gasteiger partial charge in [0.15, 0.2) is 0 Å². The van der Waals surface area contributed by atoms with Crippen LogP contribution in [0, 0.1) is 5.41 Å². The van der Waals surface area contributed by atoms with E-state index in [9.17, 15) is 10.2 Å². The molecule has 0 aliphatic heterocycles. The van der Waals surface area contributed by atoms with Crippen molar-refractivity contribution in [3.05, 3.63) is 28.8 Å². The molecule has 0 atom stereocenters. The van der Waals surface area contributed by atoms with Gasteiger partial charge in [-0.25, -0.2) is 0 Å². The minimum absolute atomic E-state index is 0.0533. The van der Waals surface area contributed by atoms with E-state index in [1.54, 1.807) is 0 Å². The van der Waals surface area contributed by atoms with Gasteiger partial charge in [-0.2, -0.15) is 0 Å². The Morgan fingerprint density at radius 3 is 1.86 bits per heavy atom. The highest BCUT2D eigenvalue weighted by molar-refractivity contribution is 5.47. The number of phenols is 1. The van der Waals surface area contributed by atoms with E-state index in [1.807, 2.05) is 0 Å². The topological polar surface area (TPSA) is 40.5 Å². The number of hydrogen-bond donors (Lipinski definition) is 2. The second-order valence-electron chi connectivity index (χ2n) is 7.83. The Morgan fingerprint density at radius 2 is 1.45 bits per heavy atom. The van der Waals surface area contributed by atoms with E-state index in [1.165, 1.54) is 24.8 Å². The molecule has 0 heterocycles. The van der Waals surface area contributed by atoms with Crippen molar-refractivity contribution in [2.75, 3.05) is 6.61 Å². The van der Waals surface area contributed by atoms with Crippen molar-refractivity contribution in [2.24, 2.45) is 5.41 Å². The van der Waals surface area contributed by atoms with E-state index in [-0.39, 0.29) is 12.0 Å². The van der Waals surface area contributed by atoms with Crippen molar-refractivity contribution in [1.82, 2.24) is 0 Å². The summed E-state index contributed by atoms with van der Waals surface area (Å²) in [6, 6.07) is 4.33. The van der Waals surface area contributed by atoms with Gasteiger partial charge in [0.2, 0.25) is 0 Å². The summed E-state index contributed by atoms with van der Waals surface area (Å²) in [6.45, 7) is 8.80. The summed E-state index contributed by atoms with van der Waals surface area (Å²) < 4.78 is 0. The molecule has 0 bridgehead atoms. The first-order valence-corrected chi connectivity index (χ1v) is 8.85. The van der Waals surface area contributed by atoms with Gasteiger partial charge in [0.25, 0.3) is 0 Å². The Labute approximate surface area is 135 Å². The van der Waals surface area contributed by atoms with Crippen molar-refractivity contribution in [1.29, 1.82) is 0 Å². The van der Waals surface area contributed by atoms with E-state index in [2.05, 4.69) is 39.8 Å². The Kier molecular flexibility index (Phi) is 5.55. The van der Waals surface area contributed by atoms with E-state index in [0.29, 0.717) is 17.6 Å². The molecule has 1 aromatic carbocycles.